The van der Waals surface area contributed by atoms with Crippen molar-refractivity contribution in [3.05, 3.63) is 34.9 Å². The van der Waals surface area contributed by atoms with E-state index in [0.717, 1.165) is 5.56 Å². The third kappa shape index (κ3) is 5.45. The van der Waals surface area contributed by atoms with Crippen LogP contribution in [-0.2, 0) is 23.9 Å². The molecule has 1 saturated heterocycles. The van der Waals surface area contributed by atoms with Crippen LogP contribution in [0, 0.1) is 0 Å². The van der Waals surface area contributed by atoms with Crippen LogP contribution in [-0.4, -0.2) is 52.2 Å². The van der Waals surface area contributed by atoms with Crippen molar-refractivity contribution in [2.75, 3.05) is 6.61 Å². The van der Waals surface area contributed by atoms with Crippen LogP contribution >= 0.6 is 11.6 Å². The van der Waals surface area contributed by atoms with Gasteiger partial charge in [-0.3, -0.25) is 9.59 Å². The molecule has 154 valence electrons. The number of carboxylic acids is 1. The van der Waals surface area contributed by atoms with E-state index in [-0.39, 0.29) is 6.61 Å². The average molecular weight is 412 g/mol. The van der Waals surface area contributed by atoms with E-state index in [0.29, 0.717) is 11.4 Å². The van der Waals surface area contributed by atoms with Gasteiger partial charge in [-0.25, -0.2) is 4.79 Å². The Balaban J connectivity index is 2.40. The Hall–Kier alpha value is -2.12. The lowest BCUT2D eigenvalue weighted by atomic mass is 9.98. The molecule has 0 radical (unpaired) electrons. The molecular weight excluding hydrogens is 386 g/mol. The first-order valence-corrected chi connectivity index (χ1v) is 9.55. The molecular formula is C20H26ClNO6. The number of carboxylic acid groups (broad SMARTS) is 1. The van der Waals surface area contributed by atoms with Gasteiger partial charge in [-0.15, -0.1) is 0 Å². The minimum Gasteiger partial charge on any atom is -0.481 e. The van der Waals surface area contributed by atoms with Crippen LogP contribution in [0.15, 0.2) is 24.3 Å². The number of amides is 1. The van der Waals surface area contributed by atoms with Crippen molar-refractivity contribution in [3.8, 4) is 0 Å². The minimum absolute atomic E-state index is 0.0740. The molecule has 3 unspecified atom stereocenters. The fourth-order valence-corrected chi connectivity index (χ4v) is 3.27. The highest BCUT2D eigenvalue weighted by Crippen LogP contribution is 2.32. The van der Waals surface area contributed by atoms with Gasteiger partial charge in [0.05, 0.1) is 19.1 Å². The van der Waals surface area contributed by atoms with Gasteiger partial charge in [0.1, 0.15) is 17.7 Å². The molecule has 1 amide bonds. The molecule has 3 atom stereocenters. The predicted molar refractivity (Wildman–Crippen MR) is 103 cm³/mol. The van der Waals surface area contributed by atoms with Crippen molar-refractivity contribution in [1.82, 2.24) is 4.90 Å². The second-order valence-electron chi connectivity index (χ2n) is 7.69. The summed E-state index contributed by atoms with van der Waals surface area (Å²) in [6.07, 6.45) is -1.28. The number of benzene rings is 1. The Morgan fingerprint density at radius 1 is 1.32 bits per heavy atom. The highest BCUT2D eigenvalue weighted by atomic mass is 35.5. The first-order valence-electron chi connectivity index (χ1n) is 9.17. The van der Waals surface area contributed by atoms with Crippen molar-refractivity contribution < 1.29 is 29.0 Å². The molecule has 1 N–H and O–H groups in total. The Labute approximate surface area is 169 Å². The summed E-state index contributed by atoms with van der Waals surface area (Å²) < 4.78 is 11.0. The quantitative estimate of drug-likeness (QED) is 0.722. The number of hydrogen-bond donors (Lipinski definition) is 1. The Kier molecular flexibility index (Phi) is 7.06. The van der Waals surface area contributed by atoms with Gasteiger partial charge in [0.2, 0.25) is 0 Å². The molecule has 28 heavy (non-hydrogen) atoms. The molecule has 0 bridgehead atoms. The maximum Gasteiger partial charge on any atom is 0.329 e. The van der Waals surface area contributed by atoms with Crippen LogP contribution in [0.1, 0.15) is 52.1 Å². The number of esters is 1. The molecule has 1 aromatic carbocycles. The summed E-state index contributed by atoms with van der Waals surface area (Å²) in [7, 11) is 0. The topological polar surface area (TPSA) is 93.1 Å². The van der Waals surface area contributed by atoms with Gasteiger partial charge < -0.3 is 19.5 Å². The molecule has 2 rings (SSSR count). The van der Waals surface area contributed by atoms with Crippen LogP contribution < -0.4 is 0 Å². The third-order valence-corrected chi connectivity index (χ3v) is 4.59. The summed E-state index contributed by atoms with van der Waals surface area (Å²) in [6, 6.07) is 5.50. The van der Waals surface area contributed by atoms with E-state index in [1.807, 2.05) is 0 Å². The number of carbonyl (C=O) groups excluding carboxylic acids is 2. The van der Waals surface area contributed by atoms with E-state index in [1.54, 1.807) is 52.0 Å². The number of halogens is 1. The normalized spacial score (nSPS) is 21.3. The van der Waals surface area contributed by atoms with Gasteiger partial charge in [0, 0.05) is 5.02 Å². The Bertz CT molecular complexity index is 727. The third-order valence-electron chi connectivity index (χ3n) is 4.34. The molecule has 0 spiro atoms. The SMILES string of the molecule is CCC(C(=O)OC(C)(C)C)N1C(=O)C(CC(=O)O)OCC1c1ccc(Cl)cc1. The van der Waals surface area contributed by atoms with Gasteiger partial charge in [-0.05, 0) is 44.9 Å². The minimum atomic E-state index is -1.14. The van der Waals surface area contributed by atoms with Crippen molar-refractivity contribution >= 4 is 29.4 Å². The van der Waals surface area contributed by atoms with Gasteiger partial charge in [-0.2, -0.15) is 0 Å². The second-order valence-corrected chi connectivity index (χ2v) is 8.13. The molecule has 1 aliphatic heterocycles. The highest BCUT2D eigenvalue weighted by molar-refractivity contribution is 6.30. The van der Waals surface area contributed by atoms with Crippen molar-refractivity contribution in [1.29, 1.82) is 0 Å². The van der Waals surface area contributed by atoms with Crippen LogP contribution in [0.2, 0.25) is 5.02 Å². The van der Waals surface area contributed by atoms with Gasteiger partial charge >= 0.3 is 11.9 Å². The summed E-state index contributed by atoms with van der Waals surface area (Å²) in [5, 5.41) is 9.63. The van der Waals surface area contributed by atoms with Gasteiger partial charge in [0.15, 0.2) is 0 Å². The number of morpholine rings is 1. The number of ether oxygens (including phenoxy) is 2. The first kappa shape index (κ1) is 22.2. The van der Waals surface area contributed by atoms with Crippen LogP contribution in [0.3, 0.4) is 0 Å². The van der Waals surface area contributed by atoms with Crippen LogP contribution in [0.5, 0.6) is 0 Å². The van der Waals surface area contributed by atoms with Crippen LogP contribution in [0.4, 0.5) is 0 Å². The van der Waals surface area contributed by atoms with E-state index in [2.05, 4.69) is 0 Å². The largest absolute Gasteiger partial charge is 0.481 e. The lowest BCUT2D eigenvalue weighted by Crippen LogP contribution is -2.57. The maximum absolute atomic E-state index is 13.1. The van der Waals surface area contributed by atoms with E-state index in [9.17, 15) is 14.4 Å². The number of carbonyl (C=O) groups is 3. The van der Waals surface area contributed by atoms with Gasteiger partial charge in [0.25, 0.3) is 5.91 Å². The Morgan fingerprint density at radius 3 is 2.43 bits per heavy atom. The highest BCUT2D eigenvalue weighted by Gasteiger charge is 2.44. The zero-order chi connectivity index (χ0) is 21.1. The van der Waals surface area contributed by atoms with E-state index >= 15 is 0 Å². The predicted octanol–water partition coefficient (Wildman–Crippen LogP) is 3.20. The lowest BCUT2D eigenvalue weighted by Gasteiger charge is -2.43. The zero-order valence-corrected chi connectivity index (χ0v) is 17.2. The van der Waals surface area contributed by atoms with Gasteiger partial charge in [-0.1, -0.05) is 30.7 Å². The smallest absolute Gasteiger partial charge is 0.329 e. The second kappa shape index (κ2) is 8.92. The number of aliphatic carboxylic acids is 1. The van der Waals surface area contributed by atoms with Crippen LogP contribution in [0.25, 0.3) is 0 Å². The molecule has 0 saturated carbocycles. The van der Waals surface area contributed by atoms with E-state index < -0.39 is 48.1 Å². The Morgan fingerprint density at radius 2 is 1.93 bits per heavy atom. The summed E-state index contributed by atoms with van der Waals surface area (Å²) in [6.45, 7) is 7.11. The van der Waals surface area contributed by atoms with E-state index in [1.165, 1.54) is 4.90 Å². The standard InChI is InChI=1S/C20H26ClNO6/c1-5-14(19(26)28-20(2,3)4)22-15(12-6-8-13(21)9-7-12)11-27-16(18(22)25)10-17(23)24/h6-9,14-16H,5,10-11H2,1-4H3,(H,23,24). The fraction of sp³-hybridized carbons (Fsp3) is 0.550. The molecule has 8 heteroatoms. The number of nitrogens with zero attached hydrogens (tertiary/aromatic N) is 1. The zero-order valence-electron chi connectivity index (χ0n) is 16.5. The summed E-state index contributed by atoms with van der Waals surface area (Å²) >= 11 is 5.96. The molecule has 1 fully saturated rings. The van der Waals surface area contributed by atoms with Crippen molar-refractivity contribution in [3.63, 3.8) is 0 Å². The molecule has 0 aromatic heterocycles. The maximum atomic E-state index is 13.1. The number of rotatable bonds is 6. The first-order chi connectivity index (χ1) is 13.0. The summed E-state index contributed by atoms with van der Waals surface area (Å²) in [5.74, 6) is -2.21. The molecule has 1 heterocycles. The molecule has 1 aliphatic rings. The molecule has 1 aromatic rings. The van der Waals surface area contributed by atoms with Crippen molar-refractivity contribution in [2.45, 2.75) is 64.3 Å². The fourth-order valence-electron chi connectivity index (χ4n) is 3.14. The number of hydrogen-bond acceptors (Lipinski definition) is 5. The molecule has 7 nitrogen and oxygen atoms in total. The average Bonchev–Trinajstić information content (AvgIpc) is 2.57. The molecule has 0 aliphatic carbocycles. The summed E-state index contributed by atoms with van der Waals surface area (Å²) in [4.78, 5) is 38.4. The van der Waals surface area contributed by atoms with Crippen molar-refractivity contribution in [2.24, 2.45) is 0 Å². The van der Waals surface area contributed by atoms with E-state index in [4.69, 9.17) is 26.2 Å². The summed E-state index contributed by atoms with van der Waals surface area (Å²) in [5.41, 5.74) is 0.0318. The monoisotopic (exact) mass is 411 g/mol. The lowest BCUT2D eigenvalue weighted by molar-refractivity contribution is -0.180.